The minimum Gasteiger partial charge on any atom is -0.294 e. The first kappa shape index (κ1) is 20.9. The number of benzene rings is 2. The average molecular weight is 439 g/mol. The molecule has 0 unspecified atom stereocenters. The summed E-state index contributed by atoms with van der Waals surface area (Å²) in [6, 6.07) is 23.2. The molecule has 0 spiro atoms. The Morgan fingerprint density at radius 1 is 0.875 bits per heavy atom. The third-order valence-electron chi connectivity index (χ3n) is 5.74. The van der Waals surface area contributed by atoms with Crippen molar-refractivity contribution in [1.82, 2.24) is 19.9 Å². The first-order valence-corrected chi connectivity index (χ1v) is 12.1. The van der Waals surface area contributed by atoms with Crippen molar-refractivity contribution < 1.29 is 0 Å². The van der Waals surface area contributed by atoms with Crippen LogP contribution in [0.3, 0.4) is 0 Å². The Kier molecular flexibility index (Phi) is 6.28. The summed E-state index contributed by atoms with van der Waals surface area (Å²) in [5.74, 6) is 1.91. The Morgan fingerprint density at radius 2 is 1.72 bits per heavy atom. The number of aromatic nitrogens is 3. The average Bonchev–Trinajstić information content (AvgIpc) is 2.85. The fourth-order valence-electron chi connectivity index (χ4n) is 4.07. The lowest BCUT2D eigenvalue weighted by atomic mass is 10.1. The van der Waals surface area contributed by atoms with Gasteiger partial charge in [0.05, 0.1) is 11.4 Å². The molecule has 32 heavy (non-hydrogen) atoms. The molecular weight excluding hydrogens is 412 g/mol. The van der Waals surface area contributed by atoms with E-state index < -0.39 is 0 Å². The quantitative estimate of drug-likeness (QED) is 0.352. The highest BCUT2D eigenvalue weighted by Gasteiger charge is 2.19. The van der Waals surface area contributed by atoms with Crippen molar-refractivity contribution in [1.29, 1.82) is 0 Å². The van der Waals surface area contributed by atoms with Gasteiger partial charge in [-0.25, -0.2) is 9.97 Å². The Hall–Kier alpha value is -3.02. The van der Waals surface area contributed by atoms with Gasteiger partial charge in [0.2, 0.25) is 0 Å². The molecule has 0 amide bonds. The van der Waals surface area contributed by atoms with E-state index in [0.717, 1.165) is 54.5 Å². The second kappa shape index (κ2) is 9.63. The zero-order chi connectivity index (χ0) is 21.8. The summed E-state index contributed by atoms with van der Waals surface area (Å²) in [5, 5.41) is 0. The number of fused-ring (bicyclic) bond motifs is 1. The molecular formula is C27H26N4S. The molecule has 160 valence electrons. The molecule has 1 aliphatic rings. The fraction of sp³-hybridized carbons (Fsp3) is 0.222. The molecule has 2 aromatic carbocycles. The molecule has 0 radical (unpaired) electrons. The minimum atomic E-state index is 0.818. The monoisotopic (exact) mass is 438 g/mol. The largest absolute Gasteiger partial charge is 0.294 e. The SMILES string of the molecule is CCSc1ccc(-c2ccc(CN3CCc4nc(-c5ccccc5)ncc4C3)cn2)cc1. The van der Waals surface area contributed by atoms with E-state index in [1.54, 1.807) is 0 Å². The van der Waals surface area contributed by atoms with E-state index in [1.807, 2.05) is 42.4 Å². The molecule has 0 bridgehead atoms. The number of hydrogen-bond donors (Lipinski definition) is 0. The summed E-state index contributed by atoms with van der Waals surface area (Å²) in [6.07, 6.45) is 4.96. The van der Waals surface area contributed by atoms with Gasteiger partial charge >= 0.3 is 0 Å². The third-order valence-corrected chi connectivity index (χ3v) is 6.63. The molecule has 0 saturated carbocycles. The first-order valence-electron chi connectivity index (χ1n) is 11.1. The summed E-state index contributed by atoms with van der Waals surface area (Å²) < 4.78 is 0. The lowest BCUT2D eigenvalue weighted by Crippen LogP contribution is -2.31. The zero-order valence-corrected chi connectivity index (χ0v) is 19.1. The molecule has 0 N–H and O–H groups in total. The molecule has 0 aliphatic carbocycles. The Morgan fingerprint density at radius 3 is 2.47 bits per heavy atom. The summed E-state index contributed by atoms with van der Waals surface area (Å²) in [5.41, 5.74) is 6.89. The van der Waals surface area contributed by atoms with Gasteiger partial charge in [-0.1, -0.05) is 55.5 Å². The van der Waals surface area contributed by atoms with E-state index in [0.29, 0.717) is 0 Å². The van der Waals surface area contributed by atoms with Crippen molar-refractivity contribution in [2.75, 3.05) is 12.3 Å². The summed E-state index contributed by atoms with van der Waals surface area (Å²) >= 11 is 1.86. The van der Waals surface area contributed by atoms with Gasteiger partial charge in [-0.3, -0.25) is 9.88 Å². The standard InChI is InChI=1S/C27H26N4S/c1-2-32-24-11-9-21(10-12-24)25-13-8-20(16-28-25)18-31-15-14-26-23(19-31)17-29-27(30-26)22-6-4-3-5-7-22/h3-13,16-17H,2,14-15,18-19H2,1H3. The third kappa shape index (κ3) is 4.74. The second-order valence-corrected chi connectivity index (χ2v) is 9.34. The van der Waals surface area contributed by atoms with E-state index in [4.69, 9.17) is 9.97 Å². The number of nitrogens with zero attached hydrogens (tertiary/aromatic N) is 4. The van der Waals surface area contributed by atoms with E-state index >= 15 is 0 Å². The van der Waals surface area contributed by atoms with Crippen LogP contribution in [0.1, 0.15) is 23.7 Å². The lowest BCUT2D eigenvalue weighted by molar-refractivity contribution is 0.242. The Labute approximate surface area is 193 Å². The van der Waals surface area contributed by atoms with Crippen LogP contribution < -0.4 is 0 Å². The lowest BCUT2D eigenvalue weighted by Gasteiger charge is -2.28. The van der Waals surface area contributed by atoms with E-state index in [1.165, 1.54) is 21.7 Å². The van der Waals surface area contributed by atoms with Gasteiger partial charge in [-0.2, -0.15) is 0 Å². The molecule has 5 rings (SSSR count). The van der Waals surface area contributed by atoms with Gasteiger partial charge in [0.25, 0.3) is 0 Å². The number of rotatable bonds is 6. The predicted molar refractivity (Wildman–Crippen MR) is 131 cm³/mol. The first-order chi connectivity index (χ1) is 15.8. The van der Waals surface area contributed by atoms with Crippen molar-refractivity contribution in [2.24, 2.45) is 0 Å². The highest BCUT2D eigenvalue weighted by molar-refractivity contribution is 7.99. The van der Waals surface area contributed by atoms with Gasteiger partial charge in [0.15, 0.2) is 5.82 Å². The van der Waals surface area contributed by atoms with Crippen LogP contribution in [0.25, 0.3) is 22.6 Å². The summed E-state index contributed by atoms with van der Waals surface area (Å²) in [6.45, 7) is 4.94. The fourth-order valence-corrected chi connectivity index (χ4v) is 4.73. The van der Waals surface area contributed by atoms with Gasteiger partial charge in [-0.15, -0.1) is 11.8 Å². The van der Waals surface area contributed by atoms with Crippen LogP contribution in [0, 0.1) is 0 Å². The van der Waals surface area contributed by atoms with Crippen LogP contribution in [0.5, 0.6) is 0 Å². The number of thioether (sulfide) groups is 1. The Bertz CT molecular complexity index is 1170. The normalized spacial score (nSPS) is 13.7. The van der Waals surface area contributed by atoms with Gasteiger partial charge in [0.1, 0.15) is 0 Å². The maximum atomic E-state index is 4.84. The van der Waals surface area contributed by atoms with Crippen molar-refractivity contribution in [3.63, 3.8) is 0 Å². The number of pyridine rings is 1. The topological polar surface area (TPSA) is 41.9 Å². The molecule has 0 saturated heterocycles. The van der Waals surface area contributed by atoms with Gasteiger partial charge < -0.3 is 0 Å². The van der Waals surface area contributed by atoms with E-state index in [-0.39, 0.29) is 0 Å². The van der Waals surface area contributed by atoms with Gasteiger partial charge in [0, 0.05) is 60.0 Å². The smallest absolute Gasteiger partial charge is 0.159 e. The van der Waals surface area contributed by atoms with Crippen molar-refractivity contribution in [2.45, 2.75) is 31.3 Å². The van der Waals surface area contributed by atoms with Crippen molar-refractivity contribution in [3.8, 4) is 22.6 Å². The molecule has 0 atom stereocenters. The van der Waals surface area contributed by atoms with Crippen molar-refractivity contribution in [3.05, 3.63) is 95.9 Å². The van der Waals surface area contributed by atoms with Crippen LogP contribution in [-0.4, -0.2) is 32.1 Å². The maximum Gasteiger partial charge on any atom is 0.159 e. The highest BCUT2D eigenvalue weighted by Crippen LogP contribution is 2.24. The Balaban J connectivity index is 1.24. The minimum absolute atomic E-state index is 0.818. The summed E-state index contributed by atoms with van der Waals surface area (Å²) in [7, 11) is 0. The second-order valence-electron chi connectivity index (χ2n) is 8.00. The molecule has 2 aromatic heterocycles. The highest BCUT2D eigenvalue weighted by atomic mass is 32.2. The van der Waals surface area contributed by atoms with E-state index in [2.05, 4.69) is 65.3 Å². The van der Waals surface area contributed by atoms with Crippen LogP contribution in [-0.2, 0) is 19.5 Å². The van der Waals surface area contributed by atoms with Crippen molar-refractivity contribution >= 4 is 11.8 Å². The van der Waals surface area contributed by atoms with Gasteiger partial charge in [-0.05, 0) is 29.5 Å². The van der Waals surface area contributed by atoms with Crippen LogP contribution in [0.4, 0.5) is 0 Å². The molecule has 3 heterocycles. The predicted octanol–water partition coefficient (Wildman–Crippen LogP) is 5.88. The molecule has 0 fully saturated rings. The molecule has 1 aliphatic heterocycles. The van der Waals surface area contributed by atoms with Crippen LogP contribution >= 0.6 is 11.8 Å². The number of hydrogen-bond acceptors (Lipinski definition) is 5. The zero-order valence-electron chi connectivity index (χ0n) is 18.2. The molecule has 4 nitrogen and oxygen atoms in total. The molecule has 5 heteroatoms. The van der Waals surface area contributed by atoms with Crippen LogP contribution in [0.15, 0.2) is 84.0 Å². The molecule has 4 aromatic rings. The van der Waals surface area contributed by atoms with Crippen LogP contribution in [0.2, 0.25) is 0 Å². The summed E-state index contributed by atoms with van der Waals surface area (Å²) in [4.78, 5) is 17.9. The van der Waals surface area contributed by atoms with E-state index in [9.17, 15) is 0 Å². The maximum absolute atomic E-state index is 4.84.